The Morgan fingerprint density at radius 1 is 0.897 bits per heavy atom. The number of hydrogen-bond acceptors (Lipinski definition) is 4. The first-order chi connectivity index (χ1) is 18.4. The van der Waals surface area contributed by atoms with Crippen LogP contribution >= 0.6 is 0 Å². The predicted octanol–water partition coefficient (Wildman–Crippen LogP) is 6.95. The van der Waals surface area contributed by atoms with Crippen LogP contribution in [0.1, 0.15) is 67.3 Å². The van der Waals surface area contributed by atoms with E-state index in [0.29, 0.717) is 12.8 Å². The zero-order valence-corrected chi connectivity index (χ0v) is 21.4. The SMILES string of the molecule is COC(=O)C1CC2CCC(C1)N2C(=O)c1ccc2c(C(F)(F)F)c(N[C@H]3CC[C@@H](C(F)(F)F)CC3)ccc2c1. The number of halogens is 6. The van der Waals surface area contributed by atoms with Crippen LogP contribution in [-0.2, 0) is 15.7 Å². The molecule has 3 fully saturated rings. The van der Waals surface area contributed by atoms with Gasteiger partial charge in [-0.15, -0.1) is 0 Å². The first kappa shape index (κ1) is 27.6. The van der Waals surface area contributed by atoms with Crippen molar-refractivity contribution >= 4 is 28.3 Å². The van der Waals surface area contributed by atoms with Crippen molar-refractivity contribution in [3.63, 3.8) is 0 Å². The molecule has 0 spiro atoms. The van der Waals surface area contributed by atoms with E-state index < -0.39 is 29.9 Å². The lowest BCUT2D eigenvalue weighted by Crippen LogP contribution is -2.48. The molecular weight excluding hydrogens is 526 g/mol. The number of hydrogen-bond donors (Lipinski definition) is 1. The molecular formula is C28H30F6N2O3. The van der Waals surface area contributed by atoms with Crippen molar-refractivity contribution in [2.75, 3.05) is 12.4 Å². The van der Waals surface area contributed by atoms with Gasteiger partial charge in [0.25, 0.3) is 5.91 Å². The highest BCUT2D eigenvalue weighted by molar-refractivity contribution is 6.01. The molecule has 2 bridgehead atoms. The molecule has 0 radical (unpaired) electrons. The molecule has 0 aromatic heterocycles. The molecule has 3 aliphatic rings. The van der Waals surface area contributed by atoms with E-state index in [1.54, 1.807) is 4.90 Å². The van der Waals surface area contributed by atoms with Gasteiger partial charge in [0.15, 0.2) is 0 Å². The zero-order valence-electron chi connectivity index (χ0n) is 21.4. The van der Waals surface area contributed by atoms with Gasteiger partial charge in [0.1, 0.15) is 0 Å². The Morgan fingerprint density at radius 2 is 1.54 bits per heavy atom. The summed E-state index contributed by atoms with van der Waals surface area (Å²) in [6.45, 7) is 0. The topological polar surface area (TPSA) is 58.6 Å². The smallest absolute Gasteiger partial charge is 0.418 e. The fourth-order valence-corrected chi connectivity index (χ4v) is 6.69. The van der Waals surface area contributed by atoms with Gasteiger partial charge < -0.3 is 15.0 Å². The van der Waals surface area contributed by atoms with Crippen LogP contribution in [0.4, 0.5) is 32.0 Å². The van der Waals surface area contributed by atoms with E-state index in [-0.39, 0.29) is 77.6 Å². The molecule has 5 nitrogen and oxygen atoms in total. The van der Waals surface area contributed by atoms with Crippen molar-refractivity contribution in [2.24, 2.45) is 11.8 Å². The first-order valence-electron chi connectivity index (χ1n) is 13.2. The van der Waals surface area contributed by atoms with Crippen LogP contribution in [0.3, 0.4) is 0 Å². The third-order valence-electron chi connectivity index (χ3n) is 8.60. The van der Waals surface area contributed by atoms with Gasteiger partial charge in [0, 0.05) is 29.4 Å². The summed E-state index contributed by atoms with van der Waals surface area (Å²) in [5.41, 5.74) is -0.793. The highest BCUT2D eigenvalue weighted by Gasteiger charge is 2.46. The fraction of sp³-hybridized carbons (Fsp3) is 0.571. The minimum Gasteiger partial charge on any atom is -0.469 e. The molecule has 2 unspecified atom stereocenters. The summed E-state index contributed by atoms with van der Waals surface area (Å²) in [5.74, 6) is -2.25. The van der Waals surface area contributed by atoms with E-state index in [1.807, 2.05) is 0 Å². The standard InChI is InChI=1S/C28H30F6N2O3/c1-39-26(38)17-13-20-8-9-21(14-17)36(20)25(37)16-2-10-22-15(12-16)3-11-23(24(22)28(32,33)34)35-19-6-4-18(5-7-19)27(29,30)31/h2-3,10-12,17-21,35H,4-9,13-14H2,1H3/t17?,18-,19+,20?,21?. The molecule has 2 aromatic carbocycles. The first-order valence-corrected chi connectivity index (χ1v) is 13.2. The van der Waals surface area contributed by atoms with Crippen LogP contribution in [0.2, 0.25) is 0 Å². The number of ether oxygens (including phenoxy) is 1. The molecule has 1 amide bonds. The van der Waals surface area contributed by atoms with E-state index in [9.17, 15) is 35.9 Å². The van der Waals surface area contributed by atoms with Crippen molar-refractivity contribution < 1.29 is 40.7 Å². The lowest BCUT2D eigenvalue weighted by molar-refractivity contribution is -0.182. The zero-order chi connectivity index (χ0) is 28.1. The summed E-state index contributed by atoms with van der Waals surface area (Å²) < 4.78 is 86.6. The number of carbonyl (C=O) groups excluding carboxylic acids is 2. The maximum absolute atomic E-state index is 14.2. The van der Waals surface area contributed by atoms with Crippen LogP contribution in [0.5, 0.6) is 0 Å². The van der Waals surface area contributed by atoms with E-state index in [4.69, 9.17) is 4.74 Å². The summed E-state index contributed by atoms with van der Waals surface area (Å²) in [7, 11) is 1.34. The molecule has 212 valence electrons. The second kappa shape index (κ2) is 10.2. The van der Waals surface area contributed by atoms with Gasteiger partial charge in [0.2, 0.25) is 0 Å². The molecule has 1 N–H and O–H groups in total. The average molecular weight is 557 g/mol. The molecule has 2 aliphatic heterocycles. The van der Waals surface area contributed by atoms with Gasteiger partial charge in [-0.05, 0) is 80.3 Å². The maximum atomic E-state index is 14.2. The van der Waals surface area contributed by atoms with Crippen LogP contribution in [-0.4, -0.2) is 48.2 Å². The van der Waals surface area contributed by atoms with E-state index in [2.05, 4.69) is 5.32 Å². The largest absolute Gasteiger partial charge is 0.469 e. The van der Waals surface area contributed by atoms with Crippen LogP contribution < -0.4 is 5.32 Å². The number of rotatable bonds is 4. The molecule has 11 heteroatoms. The molecule has 5 rings (SSSR count). The van der Waals surface area contributed by atoms with Crippen molar-refractivity contribution in [1.82, 2.24) is 4.90 Å². The number of nitrogens with one attached hydrogen (secondary N) is 1. The van der Waals surface area contributed by atoms with Gasteiger partial charge in [-0.1, -0.05) is 12.1 Å². The van der Waals surface area contributed by atoms with E-state index >= 15 is 0 Å². The summed E-state index contributed by atoms with van der Waals surface area (Å²) >= 11 is 0. The monoisotopic (exact) mass is 556 g/mol. The molecule has 2 aromatic rings. The molecule has 1 saturated carbocycles. The van der Waals surface area contributed by atoms with Crippen molar-refractivity contribution in [3.8, 4) is 0 Å². The van der Waals surface area contributed by atoms with Crippen molar-refractivity contribution in [1.29, 1.82) is 0 Å². The van der Waals surface area contributed by atoms with Crippen LogP contribution in [0.15, 0.2) is 30.3 Å². The number of methoxy groups -OCH3 is 1. The summed E-state index contributed by atoms with van der Waals surface area (Å²) in [6, 6.07) is 6.19. The van der Waals surface area contributed by atoms with Gasteiger partial charge in [-0.3, -0.25) is 9.59 Å². The normalized spacial score (nSPS) is 27.5. The average Bonchev–Trinajstić information content (AvgIpc) is 3.15. The Labute approximate surface area is 221 Å². The number of piperidine rings is 1. The number of nitrogens with zero attached hydrogens (tertiary/aromatic N) is 1. The Bertz CT molecular complexity index is 1240. The Kier molecular flexibility index (Phi) is 7.22. The Balaban J connectivity index is 1.38. The van der Waals surface area contributed by atoms with Crippen LogP contribution in [0.25, 0.3) is 10.8 Å². The highest BCUT2D eigenvalue weighted by Crippen LogP contribution is 2.44. The second-order valence-electron chi connectivity index (χ2n) is 10.9. The second-order valence-corrected chi connectivity index (χ2v) is 10.9. The molecule has 2 atom stereocenters. The van der Waals surface area contributed by atoms with E-state index in [1.165, 1.54) is 37.4 Å². The van der Waals surface area contributed by atoms with Gasteiger partial charge in [-0.25, -0.2) is 0 Å². The maximum Gasteiger partial charge on any atom is 0.418 e. The van der Waals surface area contributed by atoms with Crippen molar-refractivity contribution in [3.05, 3.63) is 41.5 Å². The predicted molar refractivity (Wildman–Crippen MR) is 132 cm³/mol. The number of amides is 1. The number of fused-ring (bicyclic) bond motifs is 3. The minimum atomic E-state index is -4.72. The number of anilines is 1. The van der Waals surface area contributed by atoms with Gasteiger partial charge >= 0.3 is 18.3 Å². The lowest BCUT2D eigenvalue weighted by Gasteiger charge is -2.38. The summed E-state index contributed by atoms with van der Waals surface area (Å²) in [6.07, 6.45) is -6.49. The number of carbonyl (C=O) groups is 2. The number of alkyl halides is 6. The van der Waals surface area contributed by atoms with Crippen LogP contribution in [0, 0.1) is 11.8 Å². The summed E-state index contributed by atoms with van der Waals surface area (Å²) in [4.78, 5) is 27.2. The molecule has 39 heavy (non-hydrogen) atoms. The highest BCUT2D eigenvalue weighted by atomic mass is 19.4. The van der Waals surface area contributed by atoms with Gasteiger partial charge in [0.05, 0.1) is 24.5 Å². The third-order valence-corrected chi connectivity index (χ3v) is 8.60. The molecule has 2 saturated heterocycles. The molecule has 2 heterocycles. The van der Waals surface area contributed by atoms with Gasteiger partial charge in [-0.2, -0.15) is 26.3 Å². The van der Waals surface area contributed by atoms with E-state index in [0.717, 1.165) is 12.8 Å². The number of esters is 1. The Morgan fingerprint density at radius 3 is 2.10 bits per heavy atom. The Hall–Kier alpha value is -2.98. The lowest BCUT2D eigenvalue weighted by atomic mass is 9.85. The summed E-state index contributed by atoms with van der Waals surface area (Å²) in [5, 5.41) is 3.01. The minimum absolute atomic E-state index is 0.0830. The van der Waals surface area contributed by atoms with Crippen molar-refractivity contribution in [2.45, 2.75) is 81.8 Å². The third kappa shape index (κ3) is 5.41. The number of benzene rings is 2. The fourth-order valence-electron chi connectivity index (χ4n) is 6.69. The molecule has 1 aliphatic carbocycles. The quantitative estimate of drug-likeness (QED) is 0.327.